The first-order chi connectivity index (χ1) is 14.4. The molecule has 3 aromatic rings. The summed E-state index contributed by atoms with van der Waals surface area (Å²) in [7, 11) is 1.60. The third-order valence-corrected chi connectivity index (χ3v) is 6.73. The zero-order valence-electron chi connectivity index (χ0n) is 16.8. The largest absolute Gasteiger partial charge is 0.496 e. The Morgan fingerprint density at radius 1 is 1.23 bits per heavy atom. The Morgan fingerprint density at radius 2 is 1.97 bits per heavy atom. The quantitative estimate of drug-likeness (QED) is 0.652. The molecule has 2 aliphatic rings. The maximum Gasteiger partial charge on any atom is 0.270 e. The fourth-order valence-electron chi connectivity index (χ4n) is 4.48. The van der Waals surface area contributed by atoms with Gasteiger partial charge >= 0.3 is 0 Å². The highest BCUT2D eigenvalue weighted by Gasteiger charge is 2.53. The average Bonchev–Trinajstić information content (AvgIpc) is 3.01. The van der Waals surface area contributed by atoms with E-state index >= 15 is 0 Å². The fourth-order valence-corrected chi connectivity index (χ4v) is 5.57. The van der Waals surface area contributed by atoms with E-state index in [-0.39, 0.29) is 11.3 Å². The van der Waals surface area contributed by atoms with Gasteiger partial charge in [0.25, 0.3) is 5.56 Å². The van der Waals surface area contributed by atoms with E-state index in [4.69, 9.17) is 14.5 Å². The fraction of sp³-hybridized carbons (Fsp3) is 0.261. The Balaban J connectivity index is 1.81. The highest BCUT2D eigenvalue weighted by atomic mass is 32.1. The maximum atomic E-state index is 13.5. The van der Waals surface area contributed by atoms with Gasteiger partial charge in [-0.15, -0.1) is 0 Å². The summed E-state index contributed by atoms with van der Waals surface area (Å²) < 4.78 is 13.8. The summed E-state index contributed by atoms with van der Waals surface area (Å²) in [5.74, 6) is 0.711. The van der Waals surface area contributed by atoms with Gasteiger partial charge in [-0.05, 0) is 32.1 Å². The summed E-state index contributed by atoms with van der Waals surface area (Å²) in [5.41, 5.74) is 0.420. The minimum Gasteiger partial charge on any atom is -0.496 e. The van der Waals surface area contributed by atoms with E-state index in [2.05, 4.69) is 0 Å². The highest BCUT2D eigenvalue weighted by Crippen LogP contribution is 2.47. The van der Waals surface area contributed by atoms with Crippen LogP contribution >= 0.6 is 11.3 Å². The Hall–Kier alpha value is -3.19. The topological polar surface area (TPSA) is 69.9 Å². The first-order valence-electron chi connectivity index (χ1n) is 9.67. The molecular weight excluding hydrogens is 400 g/mol. The normalized spacial score (nSPS) is 24.3. The monoisotopic (exact) mass is 420 g/mol. The first kappa shape index (κ1) is 18.8. The van der Waals surface area contributed by atoms with Crippen LogP contribution in [-0.2, 0) is 4.79 Å². The third-order valence-electron chi connectivity index (χ3n) is 5.74. The molecule has 6 nitrogen and oxygen atoms in total. The summed E-state index contributed by atoms with van der Waals surface area (Å²) in [4.78, 5) is 31.5. The summed E-state index contributed by atoms with van der Waals surface area (Å²) in [6.45, 7) is 3.35. The number of para-hydroxylation sites is 2. The molecule has 152 valence electrons. The van der Waals surface area contributed by atoms with Crippen LogP contribution in [0.15, 0.2) is 58.3 Å². The summed E-state index contributed by atoms with van der Waals surface area (Å²) in [6, 6.07) is 14.6. The molecule has 0 aliphatic carbocycles. The second-order valence-corrected chi connectivity index (χ2v) is 8.66. The van der Waals surface area contributed by atoms with Crippen molar-refractivity contribution in [2.24, 2.45) is 10.9 Å². The molecule has 3 heterocycles. The van der Waals surface area contributed by atoms with Gasteiger partial charge in [0.15, 0.2) is 4.80 Å². The van der Waals surface area contributed by atoms with Gasteiger partial charge in [0.05, 0.1) is 17.7 Å². The number of methoxy groups -OCH3 is 1. The van der Waals surface area contributed by atoms with Gasteiger partial charge in [-0.25, -0.2) is 4.99 Å². The van der Waals surface area contributed by atoms with E-state index in [9.17, 15) is 9.59 Å². The van der Waals surface area contributed by atoms with Gasteiger partial charge in [0.2, 0.25) is 5.72 Å². The molecule has 2 bridgehead atoms. The molecule has 0 radical (unpaired) electrons. The predicted octanol–water partition coefficient (Wildman–Crippen LogP) is 2.28. The molecule has 30 heavy (non-hydrogen) atoms. The number of benzene rings is 2. The van der Waals surface area contributed by atoms with Crippen LogP contribution in [0.5, 0.6) is 11.5 Å². The van der Waals surface area contributed by atoms with Crippen molar-refractivity contribution in [3.05, 3.63) is 79.3 Å². The van der Waals surface area contributed by atoms with Crippen LogP contribution in [0, 0.1) is 5.92 Å². The number of carbonyl (C=O) groups excluding carboxylic acids is 1. The standard InChI is InChI=1S/C23H20N2O4S/c1-13(26)19-20-15-9-5-7-11-17(15)29-23(19,2)24-22-25(20)21(27)18(30-22)12-14-8-4-6-10-16(14)28-3/h4-12,19-20H,1-3H3/b18-12-/t19-,20+,23+/m1/s1. The van der Waals surface area contributed by atoms with E-state index in [1.165, 1.54) is 18.3 Å². The summed E-state index contributed by atoms with van der Waals surface area (Å²) in [6.07, 6.45) is 1.81. The van der Waals surface area contributed by atoms with Crippen LogP contribution in [-0.4, -0.2) is 23.2 Å². The van der Waals surface area contributed by atoms with Gasteiger partial charge in [0, 0.05) is 11.1 Å². The van der Waals surface area contributed by atoms with Crippen LogP contribution in [0.4, 0.5) is 0 Å². The number of hydrogen-bond acceptors (Lipinski definition) is 6. The molecular formula is C23H20N2O4S. The van der Waals surface area contributed by atoms with Crippen molar-refractivity contribution in [1.29, 1.82) is 0 Å². The number of hydrogen-bond donors (Lipinski definition) is 0. The number of rotatable bonds is 3. The molecule has 0 amide bonds. The van der Waals surface area contributed by atoms with Gasteiger partial charge in [-0.3, -0.25) is 14.2 Å². The molecule has 0 saturated carbocycles. The molecule has 3 atom stereocenters. The van der Waals surface area contributed by atoms with Crippen LogP contribution in [0.2, 0.25) is 0 Å². The number of carbonyl (C=O) groups is 1. The molecule has 7 heteroatoms. The molecule has 2 aromatic carbocycles. The predicted molar refractivity (Wildman–Crippen MR) is 114 cm³/mol. The molecule has 0 spiro atoms. The maximum absolute atomic E-state index is 13.5. The molecule has 0 N–H and O–H groups in total. The Bertz CT molecular complexity index is 1360. The van der Waals surface area contributed by atoms with Crippen molar-refractivity contribution in [2.75, 3.05) is 7.11 Å². The van der Waals surface area contributed by atoms with Gasteiger partial charge < -0.3 is 9.47 Å². The number of Topliss-reactive ketones (excluding diaryl/α,β-unsaturated/α-hetero) is 1. The Labute approximate surface area is 176 Å². The third kappa shape index (κ3) is 2.65. The van der Waals surface area contributed by atoms with Crippen molar-refractivity contribution >= 4 is 23.2 Å². The van der Waals surface area contributed by atoms with E-state index in [0.29, 0.717) is 20.8 Å². The molecule has 1 aromatic heterocycles. The number of nitrogens with zero attached hydrogens (tertiary/aromatic N) is 2. The van der Waals surface area contributed by atoms with E-state index < -0.39 is 17.7 Å². The molecule has 2 aliphatic heterocycles. The average molecular weight is 420 g/mol. The lowest BCUT2D eigenvalue weighted by atomic mass is 9.79. The number of ether oxygens (including phenoxy) is 2. The number of fused-ring (bicyclic) bond motifs is 6. The molecule has 0 saturated heterocycles. The SMILES string of the molecule is COc1ccccc1/C=c1\sc2n(c1=O)[C@H]1c3ccccc3O[C@](C)(N=2)[C@@H]1C(C)=O. The van der Waals surface area contributed by atoms with Crippen LogP contribution in [0.3, 0.4) is 0 Å². The van der Waals surface area contributed by atoms with Crippen LogP contribution in [0.25, 0.3) is 6.08 Å². The van der Waals surface area contributed by atoms with E-state index in [0.717, 1.165) is 11.1 Å². The molecule has 0 fully saturated rings. The lowest BCUT2D eigenvalue weighted by Crippen LogP contribution is -2.58. The lowest BCUT2D eigenvalue weighted by Gasteiger charge is -2.45. The van der Waals surface area contributed by atoms with Crippen LogP contribution in [0.1, 0.15) is 31.0 Å². The number of ketones is 1. The van der Waals surface area contributed by atoms with Crippen molar-refractivity contribution in [1.82, 2.24) is 4.57 Å². The van der Waals surface area contributed by atoms with Gasteiger partial charge in [-0.1, -0.05) is 47.7 Å². The second kappa shape index (κ2) is 6.67. The smallest absolute Gasteiger partial charge is 0.270 e. The Morgan fingerprint density at radius 3 is 2.73 bits per heavy atom. The summed E-state index contributed by atoms with van der Waals surface area (Å²) in [5, 5.41) is 0. The van der Waals surface area contributed by atoms with Gasteiger partial charge in [0.1, 0.15) is 23.2 Å². The van der Waals surface area contributed by atoms with Crippen molar-refractivity contribution in [3.63, 3.8) is 0 Å². The van der Waals surface area contributed by atoms with Crippen LogP contribution < -0.4 is 24.4 Å². The summed E-state index contributed by atoms with van der Waals surface area (Å²) >= 11 is 1.30. The van der Waals surface area contributed by atoms with Crippen molar-refractivity contribution in [3.8, 4) is 11.5 Å². The lowest BCUT2D eigenvalue weighted by molar-refractivity contribution is -0.132. The number of aromatic nitrogens is 1. The van der Waals surface area contributed by atoms with Gasteiger partial charge in [-0.2, -0.15) is 0 Å². The van der Waals surface area contributed by atoms with Crippen molar-refractivity contribution in [2.45, 2.75) is 25.6 Å². The molecule has 0 unspecified atom stereocenters. The van der Waals surface area contributed by atoms with E-state index in [1.807, 2.05) is 61.5 Å². The Kier molecular flexibility index (Phi) is 4.18. The minimum absolute atomic E-state index is 0.0558. The minimum atomic E-state index is -1.05. The van der Waals surface area contributed by atoms with E-state index in [1.54, 1.807) is 11.7 Å². The second-order valence-electron chi connectivity index (χ2n) is 7.65. The highest BCUT2D eigenvalue weighted by molar-refractivity contribution is 7.07. The zero-order valence-corrected chi connectivity index (χ0v) is 17.6. The van der Waals surface area contributed by atoms with Crippen molar-refractivity contribution < 1.29 is 14.3 Å². The molecule has 5 rings (SSSR count). The first-order valence-corrected chi connectivity index (χ1v) is 10.5. The number of thiazole rings is 1. The zero-order chi connectivity index (χ0) is 21.0.